The fraction of sp³-hybridized carbons (Fsp3) is 0. The van der Waals surface area contributed by atoms with E-state index in [9.17, 15) is 0 Å². The van der Waals surface area contributed by atoms with Crippen molar-refractivity contribution >= 4 is 43.9 Å². The van der Waals surface area contributed by atoms with Gasteiger partial charge in [0.2, 0.25) is 0 Å². The second kappa shape index (κ2) is 5.16. The van der Waals surface area contributed by atoms with Gasteiger partial charge in [-0.25, -0.2) is 4.98 Å². The summed E-state index contributed by atoms with van der Waals surface area (Å²) in [5.41, 5.74) is 8.63. The van der Waals surface area contributed by atoms with Gasteiger partial charge in [-0.05, 0) is 62.4 Å². The Bertz CT molecular complexity index is 1340. The fourth-order valence-electron chi connectivity index (χ4n) is 4.05. The van der Waals surface area contributed by atoms with Crippen LogP contribution in [0.25, 0.3) is 54.4 Å². The quantitative estimate of drug-likeness (QED) is 0.294. The topological polar surface area (TPSA) is 12.9 Å². The maximum Gasteiger partial charge on any atom is 0.184 e. The number of aromatic nitrogens is 1. The van der Waals surface area contributed by atoms with Crippen LogP contribution in [-0.2, 0) is 0 Å². The molecule has 3 heteroatoms. The number of benzene rings is 4. The van der Waals surface area contributed by atoms with E-state index in [2.05, 4.69) is 77.8 Å². The van der Waals surface area contributed by atoms with Crippen LogP contribution in [0.3, 0.4) is 0 Å². The van der Waals surface area contributed by atoms with Crippen molar-refractivity contribution in [2.24, 2.45) is 0 Å². The molecule has 0 spiro atoms. The number of halogens is 1. The summed E-state index contributed by atoms with van der Waals surface area (Å²) in [5.74, 6) is 0. The first kappa shape index (κ1) is 14.5. The van der Waals surface area contributed by atoms with Crippen molar-refractivity contribution in [3.05, 3.63) is 77.3 Å². The van der Waals surface area contributed by atoms with Gasteiger partial charge in [0, 0.05) is 0 Å². The number of hydrogen-bond donors (Lipinski definition) is 0. The van der Waals surface area contributed by atoms with Gasteiger partial charge in [0.1, 0.15) is 0 Å². The van der Waals surface area contributed by atoms with E-state index in [0.717, 1.165) is 10.2 Å². The van der Waals surface area contributed by atoms with Crippen molar-refractivity contribution in [1.82, 2.24) is 4.98 Å². The molecule has 0 atom stereocenters. The summed E-state index contributed by atoms with van der Waals surface area (Å²) < 4.78 is 1.71. The van der Waals surface area contributed by atoms with Gasteiger partial charge in [-0.15, -0.1) is 11.3 Å². The predicted octanol–water partition coefficient (Wildman–Crippen LogP) is 7.42. The van der Waals surface area contributed by atoms with E-state index >= 15 is 0 Å². The lowest BCUT2D eigenvalue weighted by molar-refractivity contribution is 1.50. The first-order chi connectivity index (χ1) is 12.8. The molecule has 26 heavy (non-hydrogen) atoms. The van der Waals surface area contributed by atoms with Crippen LogP contribution in [0.4, 0.5) is 0 Å². The van der Waals surface area contributed by atoms with Crippen molar-refractivity contribution in [2.45, 2.75) is 0 Å². The predicted molar refractivity (Wildman–Crippen MR) is 112 cm³/mol. The Morgan fingerprint density at radius 2 is 1.42 bits per heavy atom. The third kappa shape index (κ3) is 1.94. The van der Waals surface area contributed by atoms with Gasteiger partial charge < -0.3 is 0 Å². The van der Waals surface area contributed by atoms with E-state index < -0.39 is 0 Å². The molecule has 0 aliphatic heterocycles. The minimum atomic E-state index is 0.591. The first-order valence-corrected chi connectivity index (χ1v) is 9.70. The molecular formula is C23H12ClNS. The summed E-state index contributed by atoms with van der Waals surface area (Å²) in [7, 11) is 0. The Labute approximate surface area is 159 Å². The summed E-state index contributed by atoms with van der Waals surface area (Å²) in [6, 6.07) is 26.3. The summed E-state index contributed by atoms with van der Waals surface area (Å²) in [4.78, 5) is 4.42. The maximum absolute atomic E-state index is 6.06. The summed E-state index contributed by atoms with van der Waals surface area (Å²) in [6.07, 6.45) is 0. The summed E-state index contributed by atoms with van der Waals surface area (Å²) in [5, 5.41) is 2.67. The Morgan fingerprint density at radius 3 is 2.27 bits per heavy atom. The summed E-state index contributed by atoms with van der Waals surface area (Å²) >= 11 is 7.58. The zero-order valence-corrected chi connectivity index (χ0v) is 15.2. The van der Waals surface area contributed by atoms with Crippen molar-refractivity contribution in [1.29, 1.82) is 0 Å². The highest BCUT2D eigenvalue weighted by molar-refractivity contribution is 7.22. The maximum atomic E-state index is 6.06. The molecule has 0 saturated carbocycles. The van der Waals surface area contributed by atoms with Crippen LogP contribution in [0.2, 0.25) is 4.47 Å². The van der Waals surface area contributed by atoms with E-state index in [4.69, 9.17) is 11.6 Å². The zero-order chi connectivity index (χ0) is 17.3. The molecule has 1 aliphatic carbocycles. The molecule has 1 aromatic heterocycles. The van der Waals surface area contributed by atoms with E-state index in [-0.39, 0.29) is 0 Å². The third-order valence-electron chi connectivity index (χ3n) is 5.20. The average molecular weight is 370 g/mol. The second-order valence-corrected chi connectivity index (χ2v) is 8.23. The number of rotatable bonds is 1. The van der Waals surface area contributed by atoms with E-state index in [1.807, 2.05) is 0 Å². The Balaban J connectivity index is 1.59. The molecule has 6 rings (SSSR count). The minimum absolute atomic E-state index is 0.591. The largest absolute Gasteiger partial charge is 0.225 e. The first-order valence-electron chi connectivity index (χ1n) is 8.51. The molecule has 0 amide bonds. The standard InChI is InChI=1S/C23H12ClNS/c24-23-25-20-12-15(8-10-21(20)26-23)14-7-9-16-17-5-1-3-13-4-2-6-18(22(13)17)19(16)11-14/h1-12H. The van der Waals surface area contributed by atoms with Crippen molar-refractivity contribution in [3.63, 3.8) is 0 Å². The molecule has 5 aromatic rings. The van der Waals surface area contributed by atoms with Gasteiger partial charge in [0.25, 0.3) is 0 Å². The fourth-order valence-corrected chi connectivity index (χ4v) is 5.06. The highest BCUT2D eigenvalue weighted by Crippen LogP contribution is 2.48. The SMILES string of the molecule is Clc1nc2cc(-c3ccc4c(c3)-c3cccc5cccc-4c35)ccc2s1. The van der Waals surface area contributed by atoms with Crippen LogP contribution in [-0.4, -0.2) is 4.98 Å². The number of hydrogen-bond acceptors (Lipinski definition) is 2. The number of thiazole rings is 1. The monoisotopic (exact) mass is 369 g/mol. The minimum Gasteiger partial charge on any atom is -0.225 e. The highest BCUT2D eigenvalue weighted by atomic mass is 35.5. The smallest absolute Gasteiger partial charge is 0.184 e. The van der Waals surface area contributed by atoms with Crippen LogP contribution in [0.5, 0.6) is 0 Å². The Morgan fingerprint density at radius 1 is 0.692 bits per heavy atom. The van der Waals surface area contributed by atoms with E-state index in [1.165, 1.54) is 55.5 Å². The zero-order valence-electron chi connectivity index (χ0n) is 13.7. The molecule has 0 radical (unpaired) electrons. The van der Waals surface area contributed by atoms with Gasteiger partial charge in [0.05, 0.1) is 10.2 Å². The van der Waals surface area contributed by atoms with Gasteiger partial charge in [0.15, 0.2) is 4.47 Å². The van der Waals surface area contributed by atoms with E-state index in [1.54, 1.807) is 0 Å². The Hall–Kier alpha value is -2.68. The van der Waals surface area contributed by atoms with Crippen LogP contribution in [0, 0.1) is 0 Å². The van der Waals surface area contributed by atoms with Crippen LogP contribution in [0.15, 0.2) is 72.8 Å². The molecule has 1 heterocycles. The molecule has 0 bridgehead atoms. The van der Waals surface area contributed by atoms with Crippen molar-refractivity contribution in [3.8, 4) is 33.4 Å². The molecule has 122 valence electrons. The Kier molecular flexibility index (Phi) is 2.88. The van der Waals surface area contributed by atoms with Gasteiger partial charge in [-0.2, -0.15) is 0 Å². The van der Waals surface area contributed by atoms with Gasteiger partial charge >= 0.3 is 0 Å². The normalized spacial score (nSPS) is 12.0. The van der Waals surface area contributed by atoms with Crippen molar-refractivity contribution < 1.29 is 0 Å². The molecule has 0 N–H and O–H groups in total. The van der Waals surface area contributed by atoms with Crippen LogP contribution in [0.1, 0.15) is 0 Å². The highest BCUT2D eigenvalue weighted by Gasteiger charge is 2.21. The number of nitrogens with zero attached hydrogens (tertiary/aromatic N) is 1. The lowest BCUT2D eigenvalue weighted by Crippen LogP contribution is -1.82. The lowest BCUT2D eigenvalue weighted by atomic mass is 9.97. The van der Waals surface area contributed by atoms with Gasteiger partial charge in [-0.1, -0.05) is 66.2 Å². The van der Waals surface area contributed by atoms with Crippen LogP contribution < -0.4 is 0 Å². The lowest BCUT2D eigenvalue weighted by Gasteiger charge is -2.07. The van der Waals surface area contributed by atoms with Crippen LogP contribution >= 0.6 is 22.9 Å². The summed E-state index contributed by atoms with van der Waals surface area (Å²) in [6.45, 7) is 0. The average Bonchev–Trinajstić information content (AvgIpc) is 3.20. The number of fused-ring (bicyclic) bond motifs is 4. The van der Waals surface area contributed by atoms with E-state index in [0.29, 0.717) is 4.47 Å². The molecular weight excluding hydrogens is 358 g/mol. The molecule has 1 nitrogen and oxygen atoms in total. The van der Waals surface area contributed by atoms with Gasteiger partial charge in [-0.3, -0.25) is 0 Å². The molecule has 0 saturated heterocycles. The molecule has 0 unspecified atom stereocenters. The second-order valence-electron chi connectivity index (χ2n) is 6.62. The third-order valence-corrected chi connectivity index (χ3v) is 6.34. The molecule has 0 fully saturated rings. The molecule has 1 aliphatic rings. The van der Waals surface area contributed by atoms with Crippen molar-refractivity contribution in [2.75, 3.05) is 0 Å². The molecule has 4 aromatic carbocycles.